The third kappa shape index (κ3) is 5.65. The van der Waals surface area contributed by atoms with Gasteiger partial charge in [-0.2, -0.15) is 5.48 Å². The molecule has 0 rings (SSSR count). The second-order valence-electron chi connectivity index (χ2n) is 1.36. The number of hydrogen-bond donors (Lipinski definition) is 1. The monoisotopic (exact) mass is 167 g/mol. The maximum Gasteiger partial charge on any atom is 0.431 e. The summed E-state index contributed by atoms with van der Waals surface area (Å²) in [7, 11) is 0. The van der Waals surface area contributed by atoms with Crippen LogP contribution in [0.25, 0.3) is 0 Å². The van der Waals surface area contributed by atoms with E-state index in [1.165, 1.54) is 0 Å². The first-order valence-electron chi connectivity index (χ1n) is 2.91. The maximum absolute atomic E-state index is 10.4. The van der Waals surface area contributed by atoms with Crippen LogP contribution >= 0.6 is 11.6 Å². The van der Waals surface area contributed by atoms with Crippen molar-refractivity contribution >= 4 is 17.7 Å². The average molecular weight is 168 g/mol. The molecule has 0 aliphatic rings. The highest BCUT2D eigenvalue weighted by Crippen LogP contribution is 1.78. The number of hydrogen-bond acceptors (Lipinski definition) is 3. The fourth-order valence-corrected chi connectivity index (χ4v) is 0.386. The third-order valence-corrected chi connectivity index (χ3v) is 0.764. The van der Waals surface area contributed by atoms with E-state index < -0.39 is 6.09 Å². The van der Waals surface area contributed by atoms with Crippen LogP contribution in [0.4, 0.5) is 4.79 Å². The SMILES string of the molecule is CCOC(=O)NOCCCl. The summed E-state index contributed by atoms with van der Waals surface area (Å²) in [6.45, 7) is 2.32. The van der Waals surface area contributed by atoms with E-state index >= 15 is 0 Å². The zero-order valence-corrected chi connectivity index (χ0v) is 6.48. The van der Waals surface area contributed by atoms with Gasteiger partial charge in [0.25, 0.3) is 0 Å². The van der Waals surface area contributed by atoms with Gasteiger partial charge in [-0.3, -0.25) is 4.84 Å². The first kappa shape index (κ1) is 9.52. The molecule has 5 heteroatoms. The van der Waals surface area contributed by atoms with E-state index in [-0.39, 0.29) is 6.61 Å². The van der Waals surface area contributed by atoms with Crippen LogP contribution in [0.3, 0.4) is 0 Å². The number of alkyl halides is 1. The fourth-order valence-electron chi connectivity index (χ4n) is 0.309. The van der Waals surface area contributed by atoms with Crippen molar-refractivity contribution in [2.75, 3.05) is 19.1 Å². The number of rotatable bonds is 4. The van der Waals surface area contributed by atoms with Gasteiger partial charge in [-0.25, -0.2) is 4.79 Å². The highest BCUT2D eigenvalue weighted by Gasteiger charge is 1.96. The Morgan fingerprint density at radius 3 is 2.90 bits per heavy atom. The van der Waals surface area contributed by atoms with Crippen LogP contribution < -0.4 is 5.48 Å². The maximum atomic E-state index is 10.4. The molecule has 0 heterocycles. The fraction of sp³-hybridized carbons (Fsp3) is 0.800. The molecular weight excluding hydrogens is 158 g/mol. The highest BCUT2D eigenvalue weighted by molar-refractivity contribution is 6.17. The lowest BCUT2D eigenvalue weighted by Crippen LogP contribution is -2.25. The number of hydroxylamine groups is 1. The van der Waals surface area contributed by atoms with Gasteiger partial charge in [-0.05, 0) is 6.92 Å². The summed E-state index contributed by atoms with van der Waals surface area (Å²) in [5.74, 6) is 0.340. The van der Waals surface area contributed by atoms with Gasteiger partial charge in [0, 0.05) is 5.88 Å². The highest BCUT2D eigenvalue weighted by atomic mass is 35.5. The summed E-state index contributed by atoms with van der Waals surface area (Å²) in [6.07, 6.45) is -0.590. The van der Waals surface area contributed by atoms with Crippen molar-refractivity contribution in [2.24, 2.45) is 0 Å². The van der Waals surface area contributed by atoms with E-state index in [4.69, 9.17) is 11.6 Å². The lowest BCUT2D eigenvalue weighted by atomic mass is 10.9. The lowest BCUT2D eigenvalue weighted by molar-refractivity contribution is 0.0372. The van der Waals surface area contributed by atoms with E-state index in [0.717, 1.165) is 0 Å². The van der Waals surface area contributed by atoms with Crippen molar-refractivity contribution < 1.29 is 14.4 Å². The van der Waals surface area contributed by atoms with Gasteiger partial charge >= 0.3 is 6.09 Å². The van der Waals surface area contributed by atoms with Crippen LogP contribution in [-0.4, -0.2) is 25.2 Å². The molecule has 0 aliphatic heterocycles. The lowest BCUT2D eigenvalue weighted by Gasteiger charge is -2.02. The minimum absolute atomic E-state index is 0.278. The Labute approximate surface area is 64.4 Å². The molecule has 0 unspecified atom stereocenters. The van der Waals surface area contributed by atoms with E-state index in [1.54, 1.807) is 6.92 Å². The van der Waals surface area contributed by atoms with E-state index in [9.17, 15) is 4.79 Å². The van der Waals surface area contributed by atoms with Gasteiger partial charge in [0.05, 0.1) is 13.2 Å². The molecule has 0 saturated heterocycles. The smallest absolute Gasteiger partial charge is 0.431 e. The van der Waals surface area contributed by atoms with Gasteiger partial charge < -0.3 is 4.74 Å². The van der Waals surface area contributed by atoms with Crippen LogP contribution in [0, 0.1) is 0 Å². The zero-order chi connectivity index (χ0) is 7.82. The zero-order valence-electron chi connectivity index (χ0n) is 5.72. The van der Waals surface area contributed by atoms with Gasteiger partial charge in [-0.15, -0.1) is 11.6 Å². The van der Waals surface area contributed by atoms with E-state index in [1.807, 2.05) is 5.48 Å². The van der Waals surface area contributed by atoms with Crippen LogP contribution in [0.5, 0.6) is 0 Å². The minimum atomic E-state index is -0.590. The first-order chi connectivity index (χ1) is 4.81. The van der Waals surface area contributed by atoms with E-state index in [2.05, 4.69) is 9.57 Å². The second-order valence-corrected chi connectivity index (χ2v) is 1.74. The molecule has 4 nitrogen and oxygen atoms in total. The molecule has 0 atom stereocenters. The molecular formula is C5H10ClNO3. The number of carbonyl (C=O) groups excluding carboxylic acids is 1. The molecule has 0 radical (unpaired) electrons. The van der Waals surface area contributed by atoms with Crippen molar-refractivity contribution in [3.05, 3.63) is 0 Å². The summed E-state index contributed by atoms with van der Waals surface area (Å²) in [4.78, 5) is 15.0. The summed E-state index contributed by atoms with van der Waals surface area (Å²) < 4.78 is 4.47. The van der Waals surface area contributed by atoms with Crippen molar-refractivity contribution in [3.8, 4) is 0 Å². The number of halogens is 1. The van der Waals surface area contributed by atoms with Crippen LogP contribution in [-0.2, 0) is 9.57 Å². The third-order valence-electron chi connectivity index (χ3n) is 0.610. The molecule has 60 valence electrons. The minimum Gasteiger partial charge on any atom is -0.448 e. The molecule has 0 fully saturated rings. The predicted octanol–water partition coefficient (Wildman–Crippen LogP) is 0.903. The normalized spacial score (nSPS) is 9.00. The Morgan fingerprint density at radius 2 is 2.40 bits per heavy atom. The number of carbonyl (C=O) groups is 1. The van der Waals surface area contributed by atoms with Crippen LogP contribution in [0.2, 0.25) is 0 Å². The van der Waals surface area contributed by atoms with Gasteiger partial charge in [0.2, 0.25) is 0 Å². The summed E-state index contributed by atoms with van der Waals surface area (Å²) >= 11 is 5.24. The van der Waals surface area contributed by atoms with Crippen LogP contribution in [0.1, 0.15) is 6.92 Å². The van der Waals surface area contributed by atoms with E-state index in [0.29, 0.717) is 12.5 Å². The molecule has 0 aromatic heterocycles. The summed E-state index contributed by atoms with van der Waals surface area (Å²) in [6, 6.07) is 0. The van der Waals surface area contributed by atoms with Crippen molar-refractivity contribution in [1.29, 1.82) is 0 Å². The average Bonchev–Trinajstić information content (AvgIpc) is 1.89. The number of ether oxygens (including phenoxy) is 1. The molecule has 1 amide bonds. The largest absolute Gasteiger partial charge is 0.448 e. The van der Waals surface area contributed by atoms with Crippen LogP contribution in [0.15, 0.2) is 0 Å². The Hall–Kier alpha value is -0.480. The molecule has 0 aliphatic carbocycles. The van der Waals surface area contributed by atoms with Gasteiger partial charge in [-0.1, -0.05) is 0 Å². The molecule has 10 heavy (non-hydrogen) atoms. The second kappa shape index (κ2) is 6.64. The Bertz CT molecular complexity index is 98.9. The quantitative estimate of drug-likeness (QED) is 0.385. The predicted molar refractivity (Wildman–Crippen MR) is 36.8 cm³/mol. The molecule has 0 bridgehead atoms. The Balaban J connectivity index is 3.05. The van der Waals surface area contributed by atoms with Crippen molar-refractivity contribution in [2.45, 2.75) is 6.92 Å². The topological polar surface area (TPSA) is 47.6 Å². The summed E-state index contributed by atoms with van der Waals surface area (Å²) in [5.41, 5.74) is 2.04. The Morgan fingerprint density at radius 1 is 1.70 bits per heavy atom. The number of amides is 1. The van der Waals surface area contributed by atoms with Gasteiger partial charge in [0.15, 0.2) is 0 Å². The molecule has 0 aromatic rings. The first-order valence-corrected chi connectivity index (χ1v) is 3.45. The number of nitrogens with one attached hydrogen (secondary N) is 1. The molecule has 0 saturated carbocycles. The van der Waals surface area contributed by atoms with Crippen molar-refractivity contribution in [1.82, 2.24) is 5.48 Å². The summed E-state index contributed by atoms with van der Waals surface area (Å²) in [5, 5.41) is 0. The molecule has 0 spiro atoms. The van der Waals surface area contributed by atoms with Gasteiger partial charge in [0.1, 0.15) is 0 Å². The standard InChI is InChI=1S/C5H10ClNO3/c1-2-9-5(8)7-10-4-3-6/h2-4H2,1H3,(H,7,8). The molecule has 0 aromatic carbocycles. The van der Waals surface area contributed by atoms with Crippen molar-refractivity contribution in [3.63, 3.8) is 0 Å². The molecule has 1 N–H and O–H groups in total. The Kier molecular flexibility index (Phi) is 6.32.